The minimum absolute atomic E-state index is 0.216. The largest absolute Gasteiger partial charge is 0.480 e. The number of carbonyl (C=O) groups excluding carboxylic acids is 1. The lowest BCUT2D eigenvalue weighted by atomic mass is 9.99. The van der Waals surface area contributed by atoms with Crippen molar-refractivity contribution < 1.29 is 14.7 Å². The molecular formula is C12H13ClN2O3. The van der Waals surface area contributed by atoms with Gasteiger partial charge in [0.1, 0.15) is 11.2 Å². The zero-order chi connectivity index (χ0) is 13.3. The summed E-state index contributed by atoms with van der Waals surface area (Å²) in [7, 11) is 0. The van der Waals surface area contributed by atoms with Crippen LogP contribution in [0.25, 0.3) is 0 Å². The molecule has 0 saturated carbocycles. The standard InChI is InChI=1S/C12H13ClN2O3/c1-12(11(17)18)5-2-6-15(12)10(16)9-4-3-8(13)7-14-9/h3-4,7H,2,5-6H2,1H3,(H,17,18). The van der Waals surface area contributed by atoms with E-state index in [4.69, 9.17) is 11.6 Å². The van der Waals surface area contributed by atoms with E-state index >= 15 is 0 Å². The third-order valence-electron chi connectivity index (χ3n) is 3.29. The third-order valence-corrected chi connectivity index (χ3v) is 3.52. The molecule has 0 aromatic carbocycles. The van der Waals surface area contributed by atoms with Crippen molar-refractivity contribution in [1.82, 2.24) is 9.88 Å². The van der Waals surface area contributed by atoms with Crippen molar-refractivity contribution in [1.29, 1.82) is 0 Å². The molecule has 2 rings (SSSR count). The molecule has 5 nitrogen and oxygen atoms in total. The van der Waals surface area contributed by atoms with Gasteiger partial charge in [-0.3, -0.25) is 4.79 Å². The SMILES string of the molecule is CC1(C(=O)O)CCCN1C(=O)c1ccc(Cl)cn1. The van der Waals surface area contributed by atoms with Crippen LogP contribution in [0.3, 0.4) is 0 Å². The van der Waals surface area contributed by atoms with Crippen molar-refractivity contribution in [2.45, 2.75) is 25.3 Å². The van der Waals surface area contributed by atoms with E-state index in [1.54, 1.807) is 13.0 Å². The lowest BCUT2D eigenvalue weighted by Crippen LogP contribution is -2.50. The fraction of sp³-hybridized carbons (Fsp3) is 0.417. The smallest absolute Gasteiger partial charge is 0.329 e. The van der Waals surface area contributed by atoms with Gasteiger partial charge in [0.2, 0.25) is 0 Å². The van der Waals surface area contributed by atoms with E-state index in [2.05, 4.69) is 4.98 Å². The molecule has 0 radical (unpaired) electrons. The third kappa shape index (κ3) is 2.06. The summed E-state index contributed by atoms with van der Waals surface area (Å²) in [5.74, 6) is -1.35. The topological polar surface area (TPSA) is 70.5 Å². The Kier molecular flexibility index (Phi) is 3.26. The summed E-state index contributed by atoms with van der Waals surface area (Å²) in [4.78, 5) is 28.8. The molecule has 6 heteroatoms. The Morgan fingerprint density at radius 3 is 2.78 bits per heavy atom. The van der Waals surface area contributed by atoms with E-state index in [0.29, 0.717) is 24.4 Å². The summed E-state index contributed by atoms with van der Waals surface area (Å²) in [5.41, 5.74) is -0.924. The highest BCUT2D eigenvalue weighted by Gasteiger charge is 2.46. The molecule has 2 heterocycles. The Hall–Kier alpha value is -1.62. The van der Waals surface area contributed by atoms with Gasteiger partial charge in [0, 0.05) is 12.7 Å². The number of nitrogens with zero attached hydrogens (tertiary/aromatic N) is 2. The molecule has 96 valence electrons. The normalized spacial score (nSPS) is 23.1. The molecule has 1 aromatic rings. The van der Waals surface area contributed by atoms with Crippen LogP contribution in [-0.4, -0.2) is 39.0 Å². The number of likely N-dealkylation sites (tertiary alicyclic amines) is 1. The lowest BCUT2D eigenvalue weighted by Gasteiger charge is -2.30. The van der Waals surface area contributed by atoms with Crippen molar-refractivity contribution in [3.05, 3.63) is 29.0 Å². The fourth-order valence-corrected chi connectivity index (χ4v) is 2.26. The molecule has 0 aliphatic carbocycles. The van der Waals surface area contributed by atoms with Gasteiger partial charge in [0.05, 0.1) is 5.02 Å². The zero-order valence-corrected chi connectivity index (χ0v) is 10.6. The number of carboxylic acids is 1. The molecule has 1 N–H and O–H groups in total. The van der Waals surface area contributed by atoms with Crippen molar-refractivity contribution >= 4 is 23.5 Å². The summed E-state index contributed by atoms with van der Waals surface area (Å²) in [5, 5.41) is 9.69. The highest BCUT2D eigenvalue weighted by Crippen LogP contribution is 2.30. The van der Waals surface area contributed by atoms with Crippen molar-refractivity contribution in [3.8, 4) is 0 Å². The molecule has 0 spiro atoms. The summed E-state index contributed by atoms with van der Waals surface area (Å²) in [6, 6.07) is 3.07. The Bertz CT molecular complexity index is 489. The maximum Gasteiger partial charge on any atom is 0.329 e. The van der Waals surface area contributed by atoms with Crippen LogP contribution in [0, 0.1) is 0 Å². The molecule has 1 aromatic heterocycles. The molecule has 18 heavy (non-hydrogen) atoms. The van der Waals surface area contributed by atoms with Gasteiger partial charge in [-0.2, -0.15) is 0 Å². The van der Waals surface area contributed by atoms with Gasteiger partial charge < -0.3 is 10.0 Å². The number of carbonyl (C=O) groups is 2. The Morgan fingerprint density at radius 2 is 2.22 bits per heavy atom. The van der Waals surface area contributed by atoms with Gasteiger partial charge >= 0.3 is 5.97 Å². The molecule has 1 unspecified atom stereocenters. The van der Waals surface area contributed by atoms with Crippen LogP contribution in [0.4, 0.5) is 0 Å². The number of rotatable bonds is 2. The first-order chi connectivity index (χ1) is 8.45. The maximum atomic E-state index is 12.2. The monoisotopic (exact) mass is 268 g/mol. The Labute approximate surface area is 109 Å². The van der Waals surface area contributed by atoms with Crippen molar-refractivity contribution in [3.63, 3.8) is 0 Å². The molecule has 0 bridgehead atoms. The predicted molar refractivity (Wildman–Crippen MR) is 65.6 cm³/mol. The number of hydrogen-bond acceptors (Lipinski definition) is 3. The van der Waals surface area contributed by atoms with Crippen LogP contribution in [0.5, 0.6) is 0 Å². The van der Waals surface area contributed by atoms with Crippen molar-refractivity contribution in [2.24, 2.45) is 0 Å². The molecule has 1 aliphatic heterocycles. The van der Waals surface area contributed by atoms with Gasteiger partial charge in [0.15, 0.2) is 0 Å². The van der Waals surface area contributed by atoms with E-state index < -0.39 is 11.5 Å². The van der Waals surface area contributed by atoms with Crippen LogP contribution in [0.1, 0.15) is 30.3 Å². The number of amides is 1. The summed E-state index contributed by atoms with van der Waals surface area (Å²) < 4.78 is 0. The van der Waals surface area contributed by atoms with Crippen molar-refractivity contribution in [2.75, 3.05) is 6.54 Å². The molecule has 1 amide bonds. The average molecular weight is 269 g/mol. The lowest BCUT2D eigenvalue weighted by molar-refractivity contribution is -0.147. The van der Waals surface area contributed by atoms with Gasteiger partial charge in [0.25, 0.3) is 5.91 Å². The number of pyridine rings is 1. The number of aromatic nitrogens is 1. The van der Waals surface area contributed by atoms with Gasteiger partial charge in [-0.15, -0.1) is 0 Å². The zero-order valence-electron chi connectivity index (χ0n) is 9.89. The summed E-state index contributed by atoms with van der Waals surface area (Å²) in [6.45, 7) is 2.00. The molecular weight excluding hydrogens is 256 g/mol. The number of hydrogen-bond donors (Lipinski definition) is 1. The number of halogens is 1. The van der Waals surface area contributed by atoms with Crippen LogP contribution >= 0.6 is 11.6 Å². The minimum atomic E-state index is -1.14. The maximum absolute atomic E-state index is 12.2. The highest BCUT2D eigenvalue weighted by atomic mass is 35.5. The van der Waals surface area contributed by atoms with E-state index in [1.807, 2.05) is 0 Å². The molecule has 1 atom stereocenters. The minimum Gasteiger partial charge on any atom is -0.480 e. The fourth-order valence-electron chi connectivity index (χ4n) is 2.15. The second-order valence-electron chi connectivity index (χ2n) is 4.50. The Morgan fingerprint density at radius 1 is 1.50 bits per heavy atom. The first kappa shape index (κ1) is 12.8. The second-order valence-corrected chi connectivity index (χ2v) is 4.94. The van der Waals surface area contributed by atoms with E-state index in [-0.39, 0.29) is 11.6 Å². The van der Waals surface area contributed by atoms with Crippen LogP contribution in [-0.2, 0) is 4.79 Å². The summed E-state index contributed by atoms with van der Waals surface area (Å²) >= 11 is 5.70. The van der Waals surface area contributed by atoms with Gasteiger partial charge in [-0.25, -0.2) is 9.78 Å². The van der Waals surface area contributed by atoms with Gasteiger partial charge in [-0.05, 0) is 31.9 Å². The van der Waals surface area contributed by atoms with E-state index in [1.165, 1.54) is 17.2 Å². The first-order valence-corrected chi connectivity index (χ1v) is 6.00. The Balaban J connectivity index is 2.28. The van der Waals surface area contributed by atoms with Crippen LogP contribution in [0.2, 0.25) is 5.02 Å². The summed E-state index contributed by atoms with van der Waals surface area (Å²) in [6.07, 6.45) is 2.52. The quantitative estimate of drug-likeness (QED) is 0.888. The van der Waals surface area contributed by atoms with E-state index in [0.717, 1.165) is 0 Å². The molecule has 1 fully saturated rings. The first-order valence-electron chi connectivity index (χ1n) is 5.62. The van der Waals surface area contributed by atoms with Gasteiger partial charge in [-0.1, -0.05) is 11.6 Å². The van der Waals surface area contributed by atoms with E-state index in [9.17, 15) is 14.7 Å². The average Bonchev–Trinajstić information content (AvgIpc) is 2.73. The van der Waals surface area contributed by atoms with Crippen LogP contribution in [0.15, 0.2) is 18.3 Å². The highest BCUT2D eigenvalue weighted by molar-refractivity contribution is 6.30. The molecule has 1 aliphatic rings. The van der Waals surface area contributed by atoms with Crippen LogP contribution < -0.4 is 0 Å². The molecule has 1 saturated heterocycles. The number of aliphatic carboxylic acids is 1. The number of carboxylic acid groups (broad SMARTS) is 1. The second kappa shape index (κ2) is 4.57. The predicted octanol–water partition coefficient (Wildman–Crippen LogP) is 1.81.